The first-order chi connectivity index (χ1) is 7.37. The number of hydrogen-bond acceptors (Lipinski definition) is 2. The largest absolute Gasteiger partial charge is 0.399 e. The Hall–Kier alpha value is -1.71. The zero-order chi connectivity index (χ0) is 12.2. The molecule has 16 heavy (non-hydrogen) atoms. The van der Waals surface area contributed by atoms with Crippen LogP contribution in [-0.2, 0) is 0 Å². The molecule has 88 valence electrons. The monoisotopic (exact) mass is 221 g/mol. The van der Waals surface area contributed by atoms with Gasteiger partial charge in [-0.3, -0.25) is 0 Å². The number of carbonyl (C=O) groups is 1. The molecule has 4 heteroatoms. The number of benzene rings is 1. The third-order valence-corrected chi connectivity index (χ3v) is 1.92. The quantitative estimate of drug-likeness (QED) is 0.671. The maximum atomic E-state index is 11.5. The van der Waals surface area contributed by atoms with Gasteiger partial charge in [-0.2, -0.15) is 0 Å². The highest BCUT2D eigenvalue weighted by atomic mass is 16.2. The highest BCUT2D eigenvalue weighted by Crippen LogP contribution is 2.12. The maximum Gasteiger partial charge on any atom is 0.319 e. The van der Waals surface area contributed by atoms with E-state index in [0.717, 1.165) is 0 Å². The SMILES string of the molecule is CC(C)(C)CNC(=O)Nc1cccc(N)c1. The van der Waals surface area contributed by atoms with Crippen molar-refractivity contribution in [3.05, 3.63) is 24.3 Å². The second-order valence-electron chi connectivity index (χ2n) is 4.99. The number of carbonyl (C=O) groups excluding carboxylic acids is 1. The lowest BCUT2D eigenvalue weighted by molar-refractivity contribution is 0.247. The van der Waals surface area contributed by atoms with E-state index in [0.29, 0.717) is 17.9 Å². The van der Waals surface area contributed by atoms with Crippen LogP contribution < -0.4 is 16.4 Å². The summed E-state index contributed by atoms with van der Waals surface area (Å²) < 4.78 is 0. The maximum absolute atomic E-state index is 11.5. The van der Waals surface area contributed by atoms with Gasteiger partial charge >= 0.3 is 6.03 Å². The van der Waals surface area contributed by atoms with Crippen molar-refractivity contribution in [1.29, 1.82) is 0 Å². The standard InChI is InChI=1S/C12H19N3O/c1-12(2,3)8-14-11(16)15-10-6-4-5-9(13)7-10/h4-7H,8,13H2,1-3H3,(H2,14,15,16). The Kier molecular flexibility index (Phi) is 3.77. The predicted molar refractivity (Wildman–Crippen MR) is 67.3 cm³/mol. The number of hydrogen-bond donors (Lipinski definition) is 3. The summed E-state index contributed by atoms with van der Waals surface area (Å²) in [5, 5.41) is 5.52. The fourth-order valence-electron chi connectivity index (χ4n) is 1.14. The number of amides is 2. The average molecular weight is 221 g/mol. The highest BCUT2D eigenvalue weighted by Gasteiger charge is 2.11. The molecule has 0 saturated heterocycles. The van der Waals surface area contributed by atoms with Crippen LogP contribution in [0.5, 0.6) is 0 Å². The number of urea groups is 1. The van der Waals surface area contributed by atoms with Crippen molar-refractivity contribution in [2.75, 3.05) is 17.6 Å². The van der Waals surface area contributed by atoms with E-state index in [-0.39, 0.29) is 11.4 Å². The summed E-state index contributed by atoms with van der Waals surface area (Å²) in [4.78, 5) is 11.5. The molecular formula is C12H19N3O. The first-order valence-electron chi connectivity index (χ1n) is 5.27. The summed E-state index contributed by atoms with van der Waals surface area (Å²) in [7, 11) is 0. The molecule has 0 saturated carbocycles. The number of anilines is 2. The van der Waals surface area contributed by atoms with Gasteiger partial charge in [-0.05, 0) is 23.6 Å². The summed E-state index contributed by atoms with van der Waals surface area (Å²) in [6.45, 7) is 6.82. The molecular weight excluding hydrogens is 202 g/mol. The van der Waals surface area contributed by atoms with Crippen molar-refractivity contribution >= 4 is 17.4 Å². The van der Waals surface area contributed by atoms with Crippen molar-refractivity contribution < 1.29 is 4.79 Å². The third kappa shape index (κ3) is 4.68. The molecule has 4 N–H and O–H groups in total. The molecule has 4 nitrogen and oxygen atoms in total. The van der Waals surface area contributed by atoms with Crippen LogP contribution >= 0.6 is 0 Å². The molecule has 0 radical (unpaired) electrons. The van der Waals surface area contributed by atoms with Crippen molar-refractivity contribution in [2.24, 2.45) is 5.41 Å². The summed E-state index contributed by atoms with van der Waals surface area (Å²) in [6, 6.07) is 6.89. The lowest BCUT2D eigenvalue weighted by atomic mass is 9.97. The van der Waals surface area contributed by atoms with Crippen molar-refractivity contribution in [3.63, 3.8) is 0 Å². The first kappa shape index (κ1) is 12.4. The van der Waals surface area contributed by atoms with Gasteiger partial charge in [0.1, 0.15) is 0 Å². The van der Waals surface area contributed by atoms with E-state index < -0.39 is 0 Å². The van der Waals surface area contributed by atoms with Crippen molar-refractivity contribution in [3.8, 4) is 0 Å². The van der Waals surface area contributed by atoms with Crippen LogP contribution in [0.3, 0.4) is 0 Å². The third-order valence-electron chi connectivity index (χ3n) is 1.92. The predicted octanol–water partition coefficient (Wildman–Crippen LogP) is 2.44. The fraction of sp³-hybridized carbons (Fsp3) is 0.417. The average Bonchev–Trinajstić information content (AvgIpc) is 2.14. The van der Waals surface area contributed by atoms with Gasteiger partial charge in [-0.15, -0.1) is 0 Å². The second-order valence-corrected chi connectivity index (χ2v) is 4.99. The van der Waals surface area contributed by atoms with E-state index in [2.05, 4.69) is 31.4 Å². The van der Waals surface area contributed by atoms with Gasteiger partial charge in [-0.25, -0.2) is 4.79 Å². The minimum Gasteiger partial charge on any atom is -0.399 e. The first-order valence-corrected chi connectivity index (χ1v) is 5.27. The Bertz CT molecular complexity index is 369. The van der Waals surface area contributed by atoms with E-state index in [1.54, 1.807) is 24.3 Å². The molecule has 0 atom stereocenters. The summed E-state index contributed by atoms with van der Waals surface area (Å²) in [5.74, 6) is 0. The zero-order valence-electron chi connectivity index (χ0n) is 10.0. The Labute approximate surface area is 96.2 Å². The Morgan fingerprint density at radius 2 is 2.06 bits per heavy atom. The molecule has 0 unspecified atom stereocenters. The van der Waals surface area contributed by atoms with Gasteiger partial charge < -0.3 is 16.4 Å². The molecule has 0 aliphatic carbocycles. The number of rotatable bonds is 2. The molecule has 1 aromatic rings. The molecule has 1 rings (SSSR count). The smallest absolute Gasteiger partial charge is 0.319 e. The molecule has 0 aromatic heterocycles. The Balaban J connectivity index is 2.46. The lowest BCUT2D eigenvalue weighted by Crippen LogP contribution is -2.35. The topological polar surface area (TPSA) is 67.2 Å². The molecule has 0 aliphatic rings. The molecule has 0 spiro atoms. The van der Waals surface area contributed by atoms with E-state index in [1.807, 2.05) is 0 Å². The number of nitrogen functional groups attached to an aromatic ring is 1. The van der Waals surface area contributed by atoms with Gasteiger partial charge in [0.25, 0.3) is 0 Å². The second kappa shape index (κ2) is 4.88. The molecule has 0 fully saturated rings. The minimum absolute atomic E-state index is 0.0764. The van der Waals surface area contributed by atoms with Gasteiger partial charge in [0.15, 0.2) is 0 Å². The molecule has 0 aliphatic heterocycles. The van der Waals surface area contributed by atoms with Gasteiger partial charge in [0.2, 0.25) is 0 Å². The number of nitrogens with one attached hydrogen (secondary N) is 2. The van der Waals surface area contributed by atoms with Crippen molar-refractivity contribution in [2.45, 2.75) is 20.8 Å². The minimum atomic E-state index is -0.208. The molecule has 1 aromatic carbocycles. The van der Waals surface area contributed by atoms with E-state index >= 15 is 0 Å². The van der Waals surface area contributed by atoms with Crippen LogP contribution in [0.25, 0.3) is 0 Å². The van der Waals surface area contributed by atoms with Crippen LogP contribution in [0.4, 0.5) is 16.2 Å². The molecule has 0 heterocycles. The Morgan fingerprint density at radius 1 is 1.38 bits per heavy atom. The fourth-order valence-corrected chi connectivity index (χ4v) is 1.14. The summed E-state index contributed by atoms with van der Waals surface area (Å²) >= 11 is 0. The van der Waals surface area contributed by atoms with E-state index in [1.165, 1.54) is 0 Å². The zero-order valence-corrected chi connectivity index (χ0v) is 10.0. The van der Waals surface area contributed by atoms with Crippen LogP contribution in [0.1, 0.15) is 20.8 Å². The van der Waals surface area contributed by atoms with Gasteiger partial charge in [-0.1, -0.05) is 26.8 Å². The molecule has 2 amide bonds. The van der Waals surface area contributed by atoms with Crippen LogP contribution in [0, 0.1) is 5.41 Å². The van der Waals surface area contributed by atoms with E-state index in [4.69, 9.17) is 5.73 Å². The molecule has 0 bridgehead atoms. The van der Waals surface area contributed by atoms with Crippen LogP contribution in [0.2, 0.25) is 0 Å². The number of nitrogens with two attached hydrogens (primary N) is 1. The van der Waals surface area contributed by atoms with E-state index in [9.17, 15) is 4.79 Å². The summed E-state index contributed by atoms with van der Waals surface area (Å²) in [5.41, 5.74) is 7.02. The van der Waals surface area contributed by atoms with Crippen LogP contribution in [0.15, 0.2) is 24.3 Å². The van der Waals surface area contributed by atoms with Gasteiger partial charge in [0, 0.05) is 17.9 Å². The normalized spacial score (nSPS) is 10.9. The lowest BCUT2D eigenvalue weighted by Gasteiger charge is -2.18. The van der Waals surface area contributed by atoms with Gasteiger partial charge in [0.05, 0.1) is 0 Å². The summed E-state index contributed by atoms with van der Waals surface area (Å²) in [6.07, 6.45) is 0. The van der Waals surface area contributed by atoms with Crippen LogP contribution in [-0.4, -0.2) is 12.6 Å². The van der Waals surface area contributed by atoms with Crippen molar-refractivity contribution in [1.82, 2.24) is 5.32 Å². The highest BCUT2D eigenvalue weighted by molar-refractivity contribution is 5.89. The Morgan fingerprint density at radius 3 is 2.62 bits per heavy atom.